The van der Waals surface area contributed by atoms with Gasteiger partial charge in [-0.05, 0) is 52.3 Å². The number of para-hydroxylation sites is 1. The van der Waals surface area contributed by atoms with Crippen molar-refractivity contribution in [2.45, 2.75) is 40.2 Å². The maximum absolute atomic E-state index is 12.7. The molecule has 2 aromatic carbocycles. The van der Waals surface area contributed by atoms with Crippen LogP contribution in [0.2, 0.25) is 0 Å². The molecule has 1 aromatic heterocycles. The Hall–Kier alpha value is -2.99. The second-order valence-electron chi connectivity index (χ2n) is 6.77. The number of hydrogen-bond donors (Lipinski definition) is 0. The van der Waals surface area contributed by atoms with E-state index in [-0.39, 0.29) is 6.09 Å². The summed E-state index contributed by atoms with van der Waals surface area (Å²) in [5, 5.41) is 1.02. The first kappa shape index (κ1) is 19.3. The lowest BCUT2D eigenvalue weighted by Gasteiger charge is -2.21. The fourth-order valence-corrected chi connectivity index (χ4v) is 2.48. The Kier molecular flexibility index (Phi) is 6.25. The third kappa shape index (κ3) is 4.77. The molecule has 3 nitrogen and oxygen atoms in total. The van der Waals surface area contributed by atoms with Gasteiger partial charge in [-0.3, -0.25) is 0 Å². The summed E-state index contributed by atoms with van der Waals surface area (Å²) < 4.78 is 7.23. The number of hydrogen-bond acceptors (Lipinski definition) is 2. The van der Waals surface area contributed by atoms with Crippen LogP contribution in [0.4, 0.5) is 4.79 Å². The number of benzene rings is 2. The fraction of sp³-hybridized carbons (Fsp3) is 0.261. The van der Waals surface area contributed by atoms with E-state index in [1.54, 1.807) is 4.57 Å². The van der Waals surface area contributed by atoms with Gasteiger partial charge >= 0.3 is 6.09 Å². The molecule has 0 saturated heterocycles. The topological polar surface area (TPSA) is 31.2 Å². The Morgan fingerprint density at radius 2 is 1.50 bits per heavy atom. The Morgan fingerprint density at radius 1 is 0.923 bits per heavy atom. The van der Waals surface area contributed by atoms with Gasteiger partial charge in [0.05, 0.1) is 11.2 Å². The molecule has 26 heavy (non-hydrogen) atoms. The van der Waals surface area contributed by atoms with E-state index >= 15 is 0 Å². The molecular weight excluding hydrogens is 322 g/mol. The lowest BCUT2D eigenvalue weighted by atomic mass is 10.1. The van der Waals surface area contributed by atoms with Crippen molar-refractivity contribution in [2.24, 2.45) is 0 Å². The third-order valence-electron chi connectivity index (χ3n) is 3.61. The van der Waals surface area contributed by atoms with E-state index in [1.165, 1.54) is 0 Å². The molecule has 0 aliphatic carbocycles. The summed E-state index contributed by atoms with van der Waals surface area (Å²) in [5.41, 5.74) is 2.16. The predicted molar refractivity (Wildman–Crippen MR) is 108 cm³/mol. The Bertz CT molecular complexity index is 929. The lowest BCUT2D eigenvalue weighted by molar-refractivity contribution is 0.0547. The SMILES string of the molecule is CC#CC.CC(C)(C)OC(=O)n1c(-c2ccccc2)cc2ccccc21. The Morgan fingerprint density at radius 3 is 2.08 bits per heavy atom. The van der Waals surface area contributed by atoms with E-state index in [1.807, 2.05) is 95.3 Å². The maximum Gasteiger partial charge on any atom is 0.419 e. The van der Waals surface area contributed by atoms with Crippen molar-refractivity contribution in [3.63, 3.8) is 0 Å². The van der Waals surface area contributed by atoms with Gasteiger partial charge in [0.2, 0.25) is 0 Å². The fourth-order valence-electron chi connectivity index (χ4n) is 2.48. The summed E-state index contributed by atoms with van der Waals surface area (Å²) in [6.07, 6.45) is -0.354. The van der Waals surface area contributed by atoms with E-state index < -0.39 is 5.60 Å². The first-order valence-corrected chi connectivity index (χ1v) is 8.60. The summed E-state index contributed by atoms with van der Waals surface area (Å²) in [4.78, 5) is 12.7. The van der Waals surface area contributed by atoms with Gasteiger partial charge in [-0.25, -0.2) is 9.36 Å². The van der Waals surface area contributed by atoms with Crippen molar-refractivity contribution in [1.82, 2.24) is 4.57 Å². The smallest absolute Gasteiger partial charge is 0.419 e. The van der Waals surface area contributed by atoms with Crippen molar-refractivity contribution >= 4 is 17.0 Å². The van der Waals surface area contributed by atoms with Crippen molar-refractivity contribution in [2.75, 3.05) is 0 Å². The molecule has 134 valence electrons. The maximum atomic E-state index is 12.7. The summed E-state index contributed by atoms with van der Waals surface area (Å²) in [7, 11) is 0. The number of carbonyl (C=O) groups excluding carboxylic acids is 1. The molecule has 0 unspecified atom stereocenters. The minimum Gasteiger partial charge on any atom is -0.443 e. The van der Waals surface area contributed by atoms with Crippen LogP contribution in [0.3, 0.4) is 0 Å². The van der Waals surface area contributed by atoms with E-state index in [9.17, 15) is 4.79 Å². The van der Waals surface area contributed by atoms with Crippen LogP contribution in [-0.2, 0) is 4.74 Å². The summed E-state index contributed by atoms with van der Waals surface area (Å²) in [6.45, 7) is 9.26. The van der Waals surface area contributed by atoms with Crippen molar-refractivity contribution in [1.29, 1.82) is 0 Å². The highest BCUT2D eigenvalue weighted by molar-refractivity contribution is 5.96. The average molecular weight is 347 g/mol. The second kappa shape index (κ2) is 8.40. The number of aromatic nitrogens is 1. The summed E-state index contributed by atoms with van der Waals surface area (Å²) in [6, 6.07) is 19.7. The standard InChI is InChI=1S/C19H19NO2.C4H6/c1-19(2,3)22-18(21)20-16-12-8-7-11-15(16)13-17(20)14-9-5-4-6-10-14;1-3-4-2/h4-13H,1-3H3;1-2H3. The zero-order valence-corrected chi connectivity index (χ0v) is 16.0. The number of fused-ring (bicyclic) bond motifs is 1. The van der Waals surface area contributed by atoms with Crippen LogP contribution in [0.1, 0.15) is 34.6 Å². The molecule has 0 spiro atoms. The number of nitrogens with zero attached hydrogens (tertiary/aromatic N) is 1. The van der Waals surface area contributed by atoms with E-state index in [2.05, 4.69) is 11.8 Å². The molecule has 0 aliphatic heterocycles. The van der Waals surface area contributed by atoms with E-state index in [0.29, 0.717) is 0 Å². The molecule has 0 amide bonds. The summed E-state index contributed by atoms with van der Waals surface area (Å²) >= 11 is 0. The van der Waals surface area contributed by atoms with Gasteiger partial charge in [-0.1, -0.05) is 48.5 Å². The highest BCUT2D eigenvalue weighted by Crippen LogP contribution is 2.29. The first-order chi connectivity index (χ1) is 12.4. The van der Waals surface area contributed by atoms with Crippen LogP contribution in [0.25, 0.3) is 22.2 Å². The van der Waals surface area contributed by atoms with Crippen LogP contribution in [0.5, 0.6) is 0 Å². The van der Waals surface area contributed by atoms with Gasteiger partial charge < -0.3 is 4.74 Å². The molecule has 3 aromatic rings. The minimum atomic E-state index is -0.531. The normalized spacial score (nSPS) is 10.3. The third-order valence-corrected chi connectivity index (χ3v) is 3.61. The van der Waals surface area contributed by atoms with Gasteiger partial charge in [0, 0.05) is 5.39 Å². The van der Waals surface area contributed by atoms with E-state index in [0.717, 1.165) is 22.2 Å². The Labute approximate surface area is 155 Å². The van der Waals surface area contributed by atoms with Gasteiger partial charge in [0.1, 0.15) is 5.60 Å². The largest absolute Gasteiger partial charge is 0.443 e. The molecular formula is C23H25NO2. The monoisotopic (exact) mass is 347 g/mol. The molecule has 3 heteroatoms. The number of ether oxygens (including phenoxy) is 1. The van der Waals surface area contributed by atoms with E-state index in [4.69, 9.17) is 4.74 Å². The molecule has 0 aliphatic rings. The quantitative estimate of drug-likeness (QED) is 0.496. The van der Waals surface area contributed by atoms with Crippen LogP contribution in [0, 0.1) is 11.8 Å². The van der Waals surface area contributed by atoms with Crippen LogP contribution >= 0.6 is 0 Å². The zero-order chi connectivity index (χ0) is 19.2. The van der Waals surface area contributed by atoms with Crippen molar-refractivity contribution in [3.8, 4) is 23.1 Å². The first-order valence-electron chi connectivity index (χ1n) is 8.60. The number of carbonyl (C=O) groups is 1. The second-order valence-corrected chi connectivity index (χ2v) is 6.77. The predicted octanol–water partition coefficient (Wildman–Crippen LogP) is 6.12. The molecule has 3 rings (SSSR count). The van der Waals surface area contributed by atoms with Gasteiger partial charge in [0.25, 0.3) is 0 Å². The zero-order valence-electron chi connectivity index (χ0n) is 16.0. The molecule has 0 bridgehead atoms. The molecule has 1 heterocycles. The number of rotatable bonds is 1. The Balaban J connectivity index is 0.000000552. The molecule has 0 N–H and O–H groups in total. The lowest BCUT2D eigenvalue weighted by Crippen LogP contribution is -2.27. The van der Waals surface area contributed by atoms with Gasteiger partial charge in [0.15, 0.2) is 0 Å². The van der Waals surface area contributed by atoms with Crippen LogP contribution < -0.4 is 0 Å². The van der Waals surface area contributed by atoms with Gasteiger partial charge in [-0.2, -0.15) is 0 Å². The molecule has 0 atom stereocenters. The molecule has 0 saturated carbocycles. The molecule has 0 fully saturated rings. The highest BCUT2D eigenvalue weighted by atomic mass is 16.6. The minimum absolute atomic E-state index is 0.354. The van der Waals surface area contributed by atoms with Crippen molar-refractivity contribution in [3.05, 3.63) is 60.7 Å². The van der Waals surface area contributed by atoms with Crippen molar-refractivity contribution < 1.29 is 9.53 Å². The average Bonchev–Trinajstić information content (AvgIpc) is 3.01. The molecule has 0 radical (unpaired) electrons. The van der Waals surface area contributed by atoms with Gasteiger partial charge in [-0.15, -0.1) is 11.8 Å². The van der Waals surface area contributed by atoms with Crippen LogP contribution in [-0.4, -0.2) is 16.3 Å². The van der Waals surface area contributed by atoms with Crippen LogP contribution in [0.15, 0.2) is 60.7 Å². The summed E-state index contributed by atoms with van der Waals surface area (Å²) in [5.74, 6) is 5.36. The highest BCUT2D eigenvalue weighted by Gasteiger charge is 2.22.